The average molecular weight is 332 g/mol. The van der Waals surface area contributed by atoms with Crippen molar-refractivity contribution in [3.63, 3.8) is 0 Å². The minimum absolute atomic E-state index is 0.0482. The molecule has 2 aromatic rings. The van der Waals surface area contributed by atoms with Crippen LogP contribution in [0.25, 0.3) is 0 Å². The predicted octanol–water partition coefficient (Wildman–Crippen LogP) is 3.66. The van der Waals surface area contributed by atoms with Gasteiger partial charge in [-0.15, -0.1) is 0 Å². The SMILES string of the molecule is C[C@H](NS(=O)(=O)c1ccccc1Cl)c1ccc(F)cc1F. The maximum atomic E-state index is 13.7. The topological polar surface area (TPSA) is 46.2 Å². The lowest BCUT2D eigenvalue weighted by Gasteiger charge is -2.16. The van der Waals surface area contributed by atoms with Crippen LogP contribution in [0.4, 0.5) is 8.78 Å². The highest BCUT2D eigenvalue weighted by Crippen LogP contribution is 2.24. The summed E-state index contributed by atoms with van der Waals surface area (Å²) in [7, 11) is -3.91. The number of hydrogen-bond donors (Lipinski definition) is 1. The Morgan fingerprint density at radius 3 is 2.43 bits per heavy atom. The zero-order valence-electron chi connectivity index (χ0n) is 11.0. The number of halogens is 3. The molecule has 0 aliphatic heterocycles. The van der Waals surface area contributed by atoms with Crippen LogP contribution in [0.2, 0.25) is 5.02 Å². The quantitative estimate of drug-likeness (QED) is 0.929. The van der Waals surface area contributed by atoms with Gasteiger partial charge in [0.1, 0.15) is 16.5 Å². The van der Waals surface area contributed by atoms with Gasteiger partial charge in [0.15, 0.2) is 0 Å². The standard InChI is InChI=1S/C14H12ClF2NO2S/c1-9(11-7-6-10(16)8-13(11)17)18-21(19,20)14-5-3-2-4-12(14)15/h2-9,18H,1H3/t9-/m0/s1. The van der Waals surface area contributed by atoms with E-state index in [2.05, 4.69) is 4.72 Å². The highest BCUT2D eigenvalue weighted by molar-refractivity contribution is 7.89. The number of rotatable bonds is 4. The molecule has 0 aliphatic carbocycles. The van der Waals surface area contributed by atoms with E-state index in [1.54, 1.807) is 6.07 Å². The molecule has 1 atom stereocenters. The van der Waals surface area contributed by atoms with Crippen LogP contribution < -0.4 is 4.72 Å². The van der Waals surface area contributed by atoms with Crippen LogP contribution in [-0.2, 0) is 10.0 Å². The monoisotopic (exact) mass is 331 g/mol. The number of hydrogen-bond acceptors (Lipinski definition) is 2. The van der Waals surface area contributed by atoms with E-state index in [-0.39, 0.29) is 15.5 Å². The lowest BCUT2D eigenvalue weighted by molar-refractivity contribution is 0.540. The Balaban J connectivity index is 2.30. The molecule has 0 radical (unpaired) electrons. The van der Waals surface area contributed by atoms with Crippen molar-refractivity contribution in [2.45, 2.75) is 17.9 Å². The van der Waals surface area contributed by atoms with E-state index in [9.17, 15) is 17.2 Å². The summed E-state index contributed by atoms with van der Waals surface area (Å²) in [5.41, 5.74) is 0.0482. The van der Waals surface area contributed by atoms with Crippen molar-refractivity contribution in [1.29, 1.82) is 0 Å². The maximum Gasteiger partial charge on any atom is 0.242 e. The van der Waals surface area contributed by atoms with Crippen molar-refractivity contribution in [2.24, 2.45) is 0 Å². The summed E-state index contributed by atoms with van der Waals surface area (Å²) in [6, 6.07) is 8.02. The molecule has 0 heterocycles. The third kappa shape index (κ3) is 3.58. The molecule has 0 spiro atoms. The lowest BCUT2D eigenvalue weighted by Crippen LogP contribution is -2.27. The van der Waals surface area contributed by atoms with E-state index in [0.717, 1.165) is 6.07 Å². The second-order valence-corrected chi connectivity index (χ2v) is 6.53. The Morgan fingerprint density at radius 2 is 1.81 bits per heavy atom. The van der Waals surface area contributed by atoms with Crippen molar-refractivity contribution in [2.75, 3.05) is 0 Å². The highest BCUT2D eigenvalue weighted by atomic mass is 35.5. The summed E-state index contributed by atoms with van der Waals surface area (Å²) in [6.07, 6.45) is 0. The van der Waals surface area contributed by atoms with E-state index in [1.165, 1.54) is 31.2 Å². The summed E-state index contributed by atoms with van der Waals surface area (Å²) in [6.45, 7) is 1.46. The third-order valence-corrected chi connectivity index (χ3v) is 4.93. The molecule has 3 nitrogen and oxygen atoms in total. The van der Waals surface area contributed by atoms with Crippen LogP contribution in [0.1, 0.15) is 18.5 Å². The van der Waals surface area contributed by atoms with Gasteiger partial charge in [-0.2, -0.15) is 0 Å². The van der Waals surface area contributed by atoms with Gasteiger partial charge in [-0.25, -0.2) is 21.9 Å². The average Bonchev–Trinajstić information content (AvgIpc) is 2.38. The van der Waals surface area contributed by atoms with Crippen molar-refractivity contribution >= 4 is 21.6 Å². The first-order valence-electron chi connectivity index (χ1n) is 6.03. The van der Waals surface area contributed by atoms with Crippen molar-refractivity contribution in [3.8, 4) is 0 Å². The normalized spacial score (nSPS) is 13.1. The fourth-order valence-electron chi connectivity index (χ4n) is 1.88. The first-order valence-corrected chi connectivity index (χ1v) is 7.89. The van der Waals surface area contributed by atoms with Crippen molar-refractivity contribution in [3.05, 3.63) is 64.7 Å². The Hall–Kier alpha value is -1.50. The summed E-state index contributed by atoms with van der Waals surface area (Å²) < 4.78 is 53.3. The van der Waals surface area contributed by atoms with E-state index >= 15 is 0 Å². The molecule has 1 N–H and O–H groups in total. The second kappa shape index (κ2) is 6.09. The van der Waals surface area contributed by atoms with Gasteiger partial charge in [-0.3, -0.25) is 0 Å². The molecule has 0 amide bonds. The maximum absolute atomic E-state index is 13.7. The second-order valence-electron chi connectivity index (χ2n) is 4.44. The molecule has 2 rings (SSSR count). The molecule has 0 aliphatic rings. The highest BCUT2D eigenvalue weighted by Gasteiger charge is 2.22. The number of benzene rings is 2. The van der Waals surface area contributed by atoms with Gasteiger partial charge in [-0.1, -0.05) is 29.8 Å². The van der Waals surface area contributed by atoms with Crippen LogP contribution in [0.15, 0.2) is 47.4 Å². The zero-order chi connectivity index (χ0) is 15.6. The number of sulfonamides is 1. The molecule has 0 bridgehead atoms. The number of nitrogens with one attached hydrogen (secondary N) is 1. The Labute approximate surface area is 126 Å². The smallest absolute Gasteiger partial charge is 0.207 e. The lowest BCUT2D eigenvalue weighted by atomic mass is 10.1. The minimum Gasteiger partial charge on any atom is -0.207 e. The minimum atomic E-state index is -3.91. The molecule has 0 saturated heterocycles. The fourth-order valence-corrected chi connectivity index (χ4v) is 3.62. The van der Waals surface area contributed by atoms with Crippen LogP contribution in [0, 0.1) is 11.6 Å². The molecule has 0 unspecified atom stereocenters. The molecule has 2 aromatic carbocycles. The van der Waals surface area contributed by atoms with Crippen LogP contribution in [-0.4, -0.2) is 8.42 Å². The first-order chi connectivity index (χ1) is 9.81. The van der Waals surface area contributed by atoms with E-state index in [0.29, 0.717) is 6.07 Å². The predicted molar refractivity (Wildman–Crippen MR) is 76.5 cm³/mol. The Bertz CT molecular complexity index is 765. The summed E-state index contributed by atoms with van der Waals surface area (Å²) in [4.78, 5) is -0.0963. The Kier molecular flexibility index (Phi) is 4.61. The molecule has 7 heteroatoms. The van der Waals surface area contributed by atoms with Crippen LogP contribution >= 0.6 is 11.6 Å². The van der Waals surface area contributed by atoms with E-state index in [1.807, 2.05) is 0 Å². The van der Waals surface area contributed by atoms with Gasteiger partial charge in [0, 0.05) is 17.7 Å². The van der Waals surface area contributed by atoms with Gasteiger partial charge in [0.05, 0.1) is 5.02 Å². The van der Waals surface area contributed by atoms with Gasteiger partial charge >= 0.3 is 0 Å². The fraction of sp³-hybridized carbons (Fsp3) is 0.143. The Morgan fingerprint density at radius 1 is 1.14 bits per heavy atom. The van der Waals surface area contributed by atoms with Crippen LogP contribution in [0.5, 0.6) is 0 Å². The molecule has 21 heavy (non-hydrogen) atoms. The molecule has 0 saturated carbocycles. The van der Waals surface area contributed by atoms with Gasteiger partial charge in [-0.05, 0) is 25.1 Å². The van der Waals surface area contributed by atoms with Crippen molar-refractivity contribution < 1.29 is 17.2 Å². The molecular formula is C14H12ClF2NO2S. The molecule has 0 fully saturated rings. The largest absolute Gasteiger partial charge is 0.242 e. The van der Waals surface area contributed by atoms with Gasteiger partial charge < -0.3 is 0 Å². The van der Waals surface area contributed by atoms with E-state index in [4.69, 9.17) is 11.6 Å². The zero-order valence-corrected chi connectivity index (χ0v) is 12.5. The third-order valence-electron chi connectivity index (χ3n) is 2.89. The summed E-state index contributed by atoms with van der Waals surface area (Å²) in [5.74, 6) is -1.54. The molecular weight excluding hydrogens is 320 g/mol. The molecule has 112 valence electrons. The van der Waals surface area contributed by atoms with Crippen molar-refractivity contribution in [1.82, 2.24) is 4.72 Å². The van der Waals surface area contributed by atoms with Gasteiger partial charge in [0.25, 0.3) is 0 Å². The summed E-state index contributed by atoms with van der Waals surface area (Å²) >= 11 is 5.85. The van der Waals surface area contributed by atoms with Gasteiger partial charge in [0.2, 0.25) is 10.0 Å². The van der Waals surface area contributed by atoms with Crippen LogP contribution in [0.3, 0.4) is 0 Å². The first kappa shape index (κ1) is 15.9. The van der Waals surface area contributed by atoms with E-state index < -0.39 is 27.7 Å². The molecule has 0 aromatic heterocycles. The summed E-state index contributed by atoms with van der Waals surface area (Å²) in [5, 5.41) is 0.0665.